The second-order valence-electron chi connectivity index (χ2n) is 3.40. The summed E-state index contributed by atoms with van der Waals surface area (Å²) in [5.41, 5.74) is 0. The molecule has 1 unspecified atom stereocenters. The third kappa shape index (κ3) is 2.74. The summed E-state index contributed by atoms with van der Waals surface area (Å²) in [5, 5.41) is 3.19. The van der Waals surface area contributed by atoms with Crippen molar-refractivity contribution in [1.82, 2.24) is 10.2 Å². The van der Waals surface area contributed by atoms with E-state index in [1.54, 1.807) is 0 Å². The molecule has 1 aliphatic heterocycles. The van der Waals surface area contributed by atoms with Gasteiger partial charge in [0.25, 0.3) is 0 Å². The number of hydrogen-bond donors (Lipinski definition) is 1. The molecule has 1 heterocycles. The van der Waals surface area contributed by atoms with Gasteiger partial charge in [0.15, 0.2) is 0 Å². The lowest BCUT2D eigenvalue weighted by atomic mass is 10.2. The van der Waals surface area contributed by atoms with Crippen molar-refractivity contribution in [3.63, 3.8) is 0 Å². The Hall–Kier alpha value is -1.01. The second kappa shape index (κ2) is 5.66. The highest BCUT2D eigenvalue weighted by molar-refractivity contribution is 5.83. The molecular weight excluding hydrogens is 176 g/mol. The Morgan fingerprint density at radius 2 is 2.43 bits per heavy atom. The van der Waals surface area contributed by atoms with Crippen LogP contribution < -0.4 is 5.32 Å². The lowest BCUT2D eigenvalue weighted by molar-refractivity contribution is -0.129. The molecule has 0 aromatic heterocycles. The van der Waals surface area contributed by atoms with E-state index >= 15 is 0 Å². The molecule has 14 heavy (non-hydrogen) atoms. The molecule has 0 radical (unpaired) electrons. The molecular formula is C11H18N2O. The van der Waals surface area contributed by atoms with E-state index in [0.29, 0.717) is 0 Å². The van der Waals surface area contributed by atoms with Crippen LogP contribution in [0.3, 0.4) is 0 Å². The number of nitrogens with zero attached hydrogens (tertiary/aromatic N) is 1. The van der Waals surface area contributed by atoms with Gasteiger partial charge in [-0.25, -0.2) is 0 Å². The van der Waals surface area contributed by atoms with Crippen LogP contribution in [-0.4, -0.2) is 36.5 Å². The smallest absolute Gasteiger partial charge is 0.239 e. The Kier molecular flexibility index (Phi) is 4.48. The number of carbonyl (C=O) groups excluding carboxylic acids is 1. The normalized spacial score (nSPS) is 20.9. The molecule has 0 spiro atoms. The van der Waals surface area contributed by atoms with Gasteiger partial charge in [-0.3, -0.25) is 4.79 Å². The fourth-order valence-corrected chi connectivity index (χ4v) is 1.71. The first kappa shape index (κ1) is 11.1. The molecule has 0 bridgehead atoms. The average Bonchev–Trinajstić information content (AvgIpc) is 2.51. The van der Waals surface area contributed by atoms with E-state index in [1.807, 2.05) is 18.7 Å². The summed E-state index contributed by atoms with van der Waals surface area (Å²) in [7, 11) is 0. The van der Waals surface area contributed by atoms with Gasteiger partial charge in [0.2, 0.25) is 5.91 Å². The molecule has 3 heteroatoms. The van der Waals surface area contributed by atoms with Crippen LogP contribution in [0, 0.1) is 11.8 Å². The molecule has 1 fully saturated rings. The Morgan fingerprint density at radius 1 is 1.64 bits per heavy atom. The van der Waals surface area contributed by atoms with Crippen molar-refractivity contribution >= 4 is 5.91 Å². The Balaban J connectivity index is 2.34. The van der Waals surface area contributed by atoms with Crippen LogP contribution in [0.25, 0.3) is 0 Å². The second-order valence-corrected chi connectivity index (χ2v) is 3.40. The van der Waals surface area contributed by atoms with Crippen LogP contribution >= 0.6 is 0 Å². The quantitative estimate of drug-likeness (QED) is 0.665. The van der Waals surface area contributed by atoms with Crippen molar-refractivity contribution < 1.29 is 4.79 Å². The van der Waals surface area contributed by atoms with Gasteiger partial charge in [-0.2, -0.15) is 0 Å². The third-order valence-electron chi connectivity index (χ3n) is 2.43. The van der Waals surface area contributed by atoms with Crippen molar-refractivity contribution in [2.45, 2.75) is 32.7 Å². The minimum atomic E-state index is 0.0505. The highest BCUT2D eigenvalue weighted by atomic mass is 16.2. The van der Waals surface area contributed by atoms with E-state index in [2.05, 4.69) is 17.2 Å². The van der Waals surface area contributed by atoms with E-state index in [9.17, 15) is 4.79 Å². The molecule has 3 nitrogen and oxygen atoms in total. The van der Waals surface area contributed by atoms with Crippen LogP contribution in [0.1, 0.15) is 26.7 Å². The van der Waals surface area contributed by atoms with E-state index in [4.69, 9.17) is 0 Å². The molecule has 78 valence electrons. The predicted molar refractivity (Wildman–Crippen MR) is 56.7 cm³/mol. The molecule has 0 saturated carbocycles. The molecule has 0 aromatic rings. The Morgan fingerprint density at radius 3 is 3.07 bits per heavy atom. The third-order valence-corrected chi connectivity index (χ3v) is 2.43. The standard InChI is InChI=1S/C11H18N2O/c1-3-5-6-8-13-9-7-10(11(13)14)12-4-2/h10,12H,4,6-9H2,1-2H3. The molecule has 1 saturated heterocycles. The average molecular weight is 194 g/mol. The minimum absolute atomic E-state index is 0.0505. The maximum Gasteiger partial charge on any atom is 0.239 e. The molecule has 0 aromatic carbocycles. The summed E-state index contributed by atoms with van der Waals surface area (Å²) < 4.78 is 0. The highest BCUT2D eigenvalue weighted by Crippen LogP contribution is 2.10. The number of likely N-dealkylation sites (N-methyl/N-ethyl adjacent to an activating group) is 1. The maximum absolute atomic E-state index is 11.7. The van der Waals surface area contributed by atoms with Crippen molar-refractivity contribution in [2.75, 3.05) is 19.6 Å². The SMILES string of the molecule is CC#CCCN1CCC(NCC)C1=O. The van der Waals surface area contributed by atoms with E-state index in [-0.39, 0.29) is 11.9 Å². The summed E-state index contributed by atoms with van der Waals surface area (Å²) in [6.45, 7) is 6.37. The first-order chi connectivity index (χ1) is 6.79. The van der Waals surface area contributed by atoms with Gasteiger partial charge in [0, 0.05) is 19.5 Å². The highest BCUT2D eigenvalue weighted by Gasteiger charge is 2.29. The van der Waals surface area contributed by atoms with E-state index in [0.717, 1.165) is 32.5 Å². The first-order valence-corrected chi connectivity index (χ1v) is 5.21. The fraction of sp³-hybridized carbons (Fsp3) is 0.727. The molecule has 1 aliphatic rings. The first-order valence-electron chi connectivity index (χ1n) is 5.21. The number of nitrogens with one attached hydrogen (secondary N) is 1. The lowest BCUT2D eigenvalue weighted by Crippen LogP contribution is -2.38. The number of amides is 1. The van der Waals surface area contributed by atoms with Crippen LogP contribution in [0.15, 0.2) is 0 Å². The molecule has 1 N–H and O–H groups in total. The van der Waals surface area contributed by atoms with E-state index < -0.39 is 0 Å². The van der Waals surface area contributed by atoms with Crippen molar-refractivity contribution in [3.05, 3.63) is 0 Å². The summed E-state index contributed by atoms with van der Waals surface area (Å²) in [5.74, 6) is 6.06. The van der Waals surface area contributed by atoms with Gasteiger partial charge in [-0.15, -0.1) is 11.8 Å². The zero-order chi connectivity index (χ0) is 10.4. The van der Waals surface area contributed by atoms with Gasteiger partial charge >= 0.3 is 0 Å². The zero-order valence-electron chi connectivity index (χ0n) is 8.97. The summed E-state index contributed by atoms with van der Waals surface area (Å²) in [4.78, 5) is 13.6. The minimum Gasteiger partial charge on any atom is -0.340 e. The number of carbonyl (C=O) groups is 1. The lowest BCUT2D eigenvalue weighted by Gasteiger charge is -2.15. The van der Waals surface area contributed by atoms with Crippen LogP contribution in [0.4, 0.5) is 0 Å². The number of likely N-dealkylation sites (tertiary alicyclic amines) is 1. The topological polar surface area (TPSA) is 32.3 Å². The Labute approximate surface area is 85.9 Å². The van der Waals surface area contributed by atoms with Gasteiger partial charge < -0.3 is 10.2 Å². The van der Waals surface area contributed by atoms with Crippen LogP contribution in [-0.2, 0) is 4.79 Å². The van der Waals surface area contributed by atoms with Gasteiger partial charge in [0.1, 0.15) is 0 Å². The largest absolute Gasteiger partial charge is 0.340 e. The van der Waals surface area contributed by atoms with Crippen LogP contribution in [0.5, 0.6) is 0 Å². The zero-order valence-corrected chi connectivity index (χ0v) is 8.97. The van der Waals surface area contributed by atoms with E-state index in [1.165, 1.54) is 0 Å². The number of rotatable bonds is 4. The predicted octanol–water partition coefficient (Wildman–Crippen LogP) is 0.610. The number of hydrogen-bond acceptors (Lipinski definition) is 2. The van der Waals surface area contributed by atoms with Crippen LogP contribution in [0.2, 0.25) is 0 Å². The van der Waals surface area contributed by atoms with Gasteiger partial charge in [-0.1, -0.05) is 6.92 Å². The molecule has 1 amide bonds. The Bertz CT molecular complexity index is 252. The molecule has 1 rings (SSSR count). The van der Waals surface area contributed by atoms with Gasteiger partial charge in [0.05, 0.1) is 6.04 Å². The maximum atomic E-state index is 11.7. The summed E-state index contributed by atoms with van der Waals surface area (Å²) in [6.07, 6.45) is 1.73. The fourth-order valence-electron chi connectivity index (χ4n) is 1.71. The van der Waals surface area contributed by atoms with Crippen molar-refractivity contribution in [3.8, 4) is 11.8 Å². The van der Waals surface area contributed by atoms with Crippen molar-refractivity contribution in [1.29, 1.82) is 0 Å². The van der Waals surface area contributed by atoms with Gasteiger partial charge in [-0.05, 0) is 19.9 Å². The molecule has 1 atom stereocenters. The monoisotopic (exact) mass is 194 g/mol. The summed E-state index contributed by atoms with van der Waals surface area (Å²) in [6, 6.07) is 0.0505. The summed E-state index contributed by atoms with van der Waals surface area (Å²) >= 11 is 0. The van der Waals surface area contributed by atoms with Crippen molar-refractivity contribution in [2.24, 2.45) is 0 Å². The molecule has 0 aliphatic carbocycles.